The van der Waals surface area contributed by atoms with Gasteiger partial charge < -0.3 is 15.0 Å². The fourth-order valence-electron chi connectivity index (χ4n) is 4.29. The number of carbonyl (C=O) groups is 2. The maximum absolute atomic E-state index is 13.2. The summed E-state index contributed by atoms with van der Waals surface area (Å²) in [6, 6.07) is 4.69. The summed E-state index contributed by atoms with van der Waals surface area (Å²) in [7, 11) is -2.28. The summed E-state index contributed by atoms with van der Waals surface area (Å²) >= 11 is 0. The van der Waals surface area contributed by atoms with E-state index < -0.39 is 15.4 Å². The minimum atomic E-state index is -3.72. The predicted molar refractivity (Wildman–Crippen MR) is 123 cm³/mol. The van der Waals surface area contributed by atoms with Crippen molar-refractivity contribution in [1.29, 1.82) is 0 Å². The number of anilines is 1. The summed E-state index contributed by atoms with van der Waals surface area (Å²) in [5.41, 5.74) is -0.0860. The Morgan fingerprint density at radius 1 is 1.06 bits per heavy atom. The molecule has 2 aliphatic heterocycles. The van der Waals surface area contributed by atoms with Crippen molar-refractivity contribution in [1.82, 2.24) is 9.21 Å². The van der Waals surface area contributed by atoms with Gasteiger partial charge >= 0.3 is 0 Å². The smallest absolute Gasteiger partial charge is 0.246 e. The SMILES string of the molecule is COc1ccc(NC(=O)C2CCCN(C(=O)C(C)(C)C)C2)cc1S(=O)(=O)N1CCCCC1. The van der Waals surface area contributed by atoms with Crippen LogP contribution in [0.1, 0.15) is 52.9 Å². The van der Waals surface area contributed by atoms with E-state index in [1.54, 1.807) is 17.0 Å². The summed E-state index contributed by atoms with van der Waals surface area (Å²) in [6.07, 6.45) is 4.15. The van der Waals surface area contributed by atoms with Gasteiger partial charge in [0.2, 0.25) is 21.8 Å². The van der Waals surface area contributed by atoms with Crippen molar-refractivity contribution < 1.29 is 22.7 Å². The highest BCUT2D eigenvalue weighted by Crippen LogP contribution is 2.32. The van der Waals surface area contributed by atoms with Crippen LogP contribution in [0.15, 0.2) is 23.1 Å². The fourth-order valence-corrected chi connectivity index (χ4v) is 5.99. The van der Waals surface area contributed by atoms with Crippen molar-refractivity contribution >= 4 is 27.5 Å². The number of amides is 2. The maximum atomic E-state index is 13.2. The molecule has 2 amide bonds. The van der Waals surface area contributed by atoms with Crippen LogP contribution in [0.2, 0.25) is 0 Å². The van der Waals surface area contributed by atoms with Crippen molar-refractivity contribution in [2.24, 2.45) is 11.3 Å². The molecule has 0 bridgehead atoms. The molecule has 9 heteroatoms. The Balaban J connectivity index is 1.77. The number of benzene rings is 1. The van der Waals surface area contributed by atoms with E-state index in [0.29, 0.717) is 38.3 Å². The molecule has 0 aromatic heterocycles. The molecule has 0 saturated carbocycles. The molecule has 1 aromatic carbocycles. The first-order chi connectivity index (χ1) is 15.0. The Labute approximate surface area is 191 Å². The molecule has 2 saturated heterocycles. The molecule has 178 valence electrons. The molecule has 2 aliphatic rings. The van der Waals surface area contributed by atoms with Gasteiger partial charge in [0.1, 0.15) is 10.6 Å². The van der Waals surface area contributed by atoms with E-state index in [1.165, 1.54) is 17.5 Å². The van der Waals surface area contributed by atoms with Gasteiger partial charge in [-0.2, -0.15) is 4.31 Å². The summed E-state index contributed by atoms with van der Waals surface area (Å²) in [5, 5.41) is 2.86. The number of ether oxygens (including phenoxy) is 1. The van der Waals surface area contributed by atoms with Crippen LogP contribution in [0.3, 0.4) is 0 Å². The molecular formula is C23H35N3O5S. The number of carbonyl (C=O) groups excluding carboxylic acids is 2. The van der Waals surface area contributed by atoms with Crippen LogP contribution < -0.4 is 10.1 Å². The van der Waals surface area contributed by atoms with Crippen LogP contribution in [-0.2, 0) is 19.6 Å². The van der Waals surface area contributed by atoms with E-state index in [-0.39, 0.29) is 28.4 Å². The highest BCUT2D eigenvalue weighted by molar-refractivity contribution is 7.89. The van der Waals surface area contributed by atoms with Crippen LogP contribution >= 0.6 is 0 Å². The monoisotopic (exact) mass is 465 g/mol. The van der Waals surface area contributed by atoms with Gasteiger partial charge in [-0.05, 0) is 43.9 Å². The van der Waals surface area contributed by atoms with Crippen LogP contribution in [0, 0.1) is 11.3 Å². The molecule has 3 rings (SSSR count). The van der Waals surface area contributed by atoms with Gasteiger partial charge in [0, 0.05) is 37.3 Å². The predicted octanol–water partition coefficient (Wildman–Crippen LogP) is 3.09. The zero-order valence-electron chi connectivity index (χ0n) is 19.5. The van der Waals surface area contributed by atoms with E-state index in [2.05, 4.69) is 5.32 Å². The summed E-state index contributed by atoms with van der Waals surface area (Å²) in [4.78, 5) is 27.4. The molecule has 0 radical (unpaired) electrons. The molecule has 1 unspecified atom stereocenters. The Bertz CT molecular complexity index is 949. The first-order valence-electron chi connectivity index (χ1n) is 11.3. The molecule has 8 nitrogen and oxygen atoms in total. The topological polar surface area (TPSA) is 96.0 Å². The third-order valence-electron chi connectivity index (χ3n) is 6.09. The van der Waals surface area contributed by atoms with Crippen molar-refractivity contribution in [3.63, 3.8) is 0 Å². The second kappa shape index (κ2) is 9.79. The average molecular weight is 466 g/mol. The number of nitrogens with one attached hydrogen (secondary N) is 1. The molecular weight excluding hydrogens is 430 g/mol. The zero-order valence-corrected chi connectivity index (χ0v) is 20.3. The van der Waals surface area contributed by atoms with Crippen LogP contribution in [0.4, 0.5) is 5.69 Å². The van der Waals surface area contributed by atoms with E-state index in [9.17, 15) is 18.0 Å². The second-order valence-corrected chi connectivity index (χ2v) is 11.6. The lowest BCUT2D eigenvalue weighted by molar-refractivity contribution is -0.142. The molecule has 1 N–H and O–H groups in total. The van der Waals surface area contributed by atoms with E-state index in [0.717, 1.165) is 25.7 Å². The van der Waals surface area contributed by atoms with E-state index in [1.807, 2.05) is 20.8 Å². The number of nitrogens with zero attached hydrogens (tertiary/aromatic N) is 2. The normalized spacial score (nSPS) is 20.6. The Morgan fingerprint density at radius 2 is 1.75 bits per heavy atom. The first-order valence-corrected chi connectivity index (χ1v) is 12.8. The van der Waals surface area contributed by atoms with Crippen molar-refractivity contribution in [3.8, 4) is 5.75 Å². The van der Waals surface area contributed by atoms with Gasteiger partial charge in [-0.1, -0.05) is 27.2 Å². The third-order valence-corrected chi connectivity index (χ3v) is 8.00. The minimum Gasteiger partial charge on any atom is -0.495 e. The van der Waals surface area contributed by atoms with Gasteiger partial charge in [0.15, 0.2) is 0 Å². The maximum Gasteiger partial charge on any atom is 0.246 e. The lowest BCUT2D eigenvalue weighted by Crippen LogP contribution is -2.47. The Morgan fingerprint density at radius 3 is 2.38 bits per heavy atom. The van der Waals surface area contributed by atoms with Crippen LogP contribution in [-0.4, -0.2) is 62.7 Å². The number of methoxy groups -OCH3 is 1. The summed E-state index contributed by atoms with van der Waals surface area (Å²) in [5.74, 6) is -0.246. The fraction of sp³-hybridized carbons (Fsp3) is 0.652. The minimum absolute atomic E-state index is 0.0364. The number of hydrogen-bond donors (Lipinski definition) is 1. The number of likely N-dealkylation sites (tertiary alicyclic amines) is 1. The second-order valence-electron chi connectivity index (χ2n) is 9.66. The van der Waals surface area contributed by atoms with Gasteiger partial charge in [-0.25, -0.2) is 8.42 Å². The van der Waals surface area contributed by atoms with Crippen molar-refractivity contribution in [2.75, 3.05) is 38.6 Å². The van der Waals surface area contributed by atoms with Crippen LogP contribution in [0.25, 0.3) is 0 Å². The Hall–Kier alpha value is -2.13. The van der Waals surface area contributed by atoms with Crippen molar-refractivity contribution in [3.05, 3.63) is 18.2 Å². The third kappa shape index (κ3) is 5.43. The number of rotatable bonds is 5. The number of hydrogen-bond acceptors (Lipinski definition) is 5. The number of sulfonamides is 1. The van der Waals surface area contributed by atoms with Gasteiger partial charge in [-0.3, -0.25) is 9.59 Å². The molecule has 1 atom stereocenters. The Kier molecular flexibility index (Phi) is 7.50. The lowest BCUT2D eigenvalue weighted by atomic mass is 9.91. The largest absolute Gasteiger partial charge is 0.495 e. The molecule has 1 aromatic rings. The van der Waals surface area contributed by atoms with Gasteiger partial charge in [0.25, 0.3) is 0 Å². The quantitative estimate of drug-likeness (QED) is 0.721. The zero-order chi connectivity index (χ0) is 23.5. The van der Waals surface area contributed by atoms with E-state index >= 15 is 0 Å². The molecule has 0 spiro atoms. The molecule has 2 fully saturated rings. The summed E-state index contributed by atoms with van der Waals surface area (Å²) in [6.45, 7) is 7.63. The average Bonchev–Trinajstić information content (AvgIpc) is 2.78. The molecule has 2 heterocycles. The number of piperidine rings is 2. The van der Waals surface area contributed by atoms with Gasteiger partial charge in [-0.15, -0.1) is 0 Å². The van der Waals surface area contributed by atoms with Gasteiger partial charge in [0.05, 0.1) is 13.0 Å². The summed E-state index contributed by atoms with van der Waals surface area (Å²) < 4.78 is 33.2. The van der Waals surface area contributed by atoms with Crippen LogP contribution in [0.5, 0.6) is 5.75 Å². The standard InChI is InChI=1S/C23H35N3O5S/c1-23(2,3)22(28)25-12-8-9-17(16-25)21(27)24-18-10-11-19(31-4)20(15-18)32(29,30)26-13-6-5-7-14-26/h10-11,15,17H,5-9,12-14,16H2,1-4H3,(H,24,27). The first kappa shape index (κ1) is 24.5. The molecule has 32 heavy (non-hydrogen) atoms. The highest BCUT2D eigenvalue weighted by atomic mass is 32.2. The van der Waals surface area contributed by atoms with E-state index in [4.69, 9.17) is 4.74 Å². The lowest BCUT2D eigenvalue weighted by Gasteiger charge is -2.35. The molecule has 0 aliphatic carbocycles. The highest BCUT2D eigenvalue weighted by Gasteiger charge is 2.34. The van der Waals surface area contributed by atoms with Crippen molar-refractivity contribution in [2.45, 2.75) is 57.8 Å².